The fourth-order valence-corrected chi connectivity index (χ4v) is 3.14. The molecule has 2 unspecified atom stereocenters. The van der Waals surface area contributed by atoms with E-state index < -0.39 is 11.4 Å². The van der Waals surface area contributed by atoms with Crippen molar-refractivity contribution < 1.29 is 9.50 Å². The standard InChI is InChI=1S/C16H23Cl2FO/c1-4-6-7-11(5-2)10-16(3,20)12-8-15(19)14(18)9-13(12)17/h8-9,11,20H,4-7,10H2,1-3H3. The summed E-state index contributed by atoms with van der Waals surface area (Å²) in [4.78, 5) is 0. The van der Waals surface area contributed by atoms with Gasteiger partial charge in [-0.25, -0.2) is 4.39 Å². The topological polar surface area (TPSA) is 20.2 Å². The summed E-state index contributed by atoms with van der Waals surface area (Å²) in [5, 5.41) is 11.0. The minimum atomic E-state index is -1.14. The molecule has 1 nitrogen and oxygen atoms in total. The molecule has 114 valence electrons. The van der Waals surface area contributed by atoms with Crippen LogP contribution in [-0.2, 0) is 5.60 Å². The van der Waals surface area contributed by atoms with Gasteiger partial charge in [0.2, 0.25) is 0 Å². The molecular weight excluding hydrogens is 298 g/mol. The molecule has 2 atom stereocenters. The second kappa shape index (κ2) is 7.63. The lowest BCUT2D eigenvalue weighted by atomic mass is 9.82. The number of hydrogen-bond donors (Lipinski definition) is 1. The fourth-order valence-electron chi connectivity index (χ4n) is 2.55. The first kappa shape index (κ1) is 17.7. The second-order valence-electron chi connectivity index (χ2n) is 5.64. The van der Waals surface area contributed by atoms with Crippen molar-refractivity contribution in [3.05, 3.63) is 33.6 Å². The van der Waals surface area contributed by atoms with E-state index in [9.17, 15) is 9.50 Å². The van der Waals surface area contributed by atoms with Gasteiger partial charge in [0.05, 0.1) is 10.6 Å². The molecule has 0 aliphatic heterocycles. The van der Waals surface area contributed by atoms with Crippen LogP contribution in [0, 0.1) is 11.7 Å². The van der Waals surface area contributed by atoms with Gasteiger partial charge in [0.25, 0.3) is 0 Å². The summed E-state index contributed by atoms with van der Waals surface area (Å²) >= 11 is 11.8. The number of aliphatic hydroxyl groups is 1. The average molecular weight is 321 g/mol. The summed E-state index contributed by atoms with van der Waals surface area (Å²) in [6.45, 7) is 5.95. The molecule has 4 heteroatoms. The summed E-state index contributed by atoms with van der Waals surface area (Å²) in [6, 6.07) is 2.60. The maximum atomic E-state index is 13.6. The van der Waals surface area contributed by atoms with Crippen LogP contribution in [0.5, 0.6) is 0 Å². The zero-order chi connectivity index (χ0) is 15.3. The van der Waals surface area contributed by atoms with E-state index in [1.54, 1.807) is 6.92 Å². The highest BCUT2D eigenvalue weighted by Gasteiger charge is 2.29. The molecule has 1 aromatic rings. The Morgan fingerprint density at radius 2 is 1.90 bits per heavy atom. The van der Waals surface area contributed by atoms with E-state index in [-0.39, 0.29) is 5.02 Å². The third-order valence-corrected chi connectivity index (χ3v) is 4.42. The van der Waals surface area contributed by atoms with E-state index >= 15 is 0 Å². The normalized spacial score (nSPS) is 15.9. The summed E-state index contributed by atoms with van der Waals surface area (Å²) in [7, 11) is 0. The van der Waals surface area contributed by atoms with Crippen molar-refractivity contribution in [2.45, 2.75) is 58.5 Å². The Kier molecular flexibility index (Phi) is 6.77. The van der Waals surface area contributed by atoms with E-state index in [1.165, 1.54) is 12.1 Å². The Bertz CT molecular complexity index is 446. The van der Waals surface area contributed by atoms with E-state index in [0.717, 1.165) is 25.7 Å². The Hall–Kier alpha value is -0.310. The van der Waals surface area contributed by atoms with Crippen molar-refractivity contribution in [1.29, 1.82) is 0 Å². The molecule has 0 aliphatic rings. The van der Waals surface area contributed by atoms with Crippen molar-refractivity contribution in [1.82, 2.24) is 0 Å². The predicted octanol–water partition coefficient (Wildman–Crippen LogP) is 5.95. The summed E-state index contributed by atoms with van der Waals surface area (Å²) < 4.78 is 13.6. The number of hydrogen-bond acceptors (Lipinski definition) is 1. The molecule has 0 spiro atoms. The molecular formula is C16H23Cl2FO. The van der Waals surface area contributed by atoms with Crippen LogP contribution in [0.1, 0.15) is 58.4 Å². The van der Waals surface area contributed by atoms with Gasteiger partial charge in [0.1, 0.15) is 5.82 Å². The molecule has 0 heterocycles. The van der Waals surface area contributed by atoms with E-state index in [2.05, 4.69) is 13.8 Å². The lowest BCUT2D eigenvalue weighted by Gasteiger charge is -2.29. The Morgan fingerprint density at radius 3 is 2.45 bits per heavy atom. The van der Waals surface area contributed by atoms with Gasteiger partial charge in [-0.3, -0.25) is 0 Å². The molecule has 0 fully saturated rings. The average Bonchev–Trinajstić information content (AvgIpc) is 2.38. The first-order valence-electron chi connectivity index (χ1n) is 7.19. The molecule has 1 N–H and O–H groups in total. The SMILES string of the molecule is CCCCC(CC)CC(C)(O)c1cc(F)c(Cl)cc1Cl. The van der Waals surface area contributed by atoms with Crippen molar-refractivity contribution in [3.8, 4) is 0 Å². The van der Waals surface area contributed by atoms with Crippen LogP contribution >= 0.6 is 23.2 Å². The number of rotatable bonds is 7. The molecule has 0 aromatic heterocycles. The third-order valence-electron chi connectivity index (χ3n) is 3.82. The monoisotopic (exact) mass is 320 g/mol. The summed E-state index contributed by atoms with van der Waals surface area (Å²) in [5.74, 6) is -0.146. The van der Waals surface area contributed by atoms with Gasteiger partial charge in [0, 0.05) is 10.6 Å². The highest BCUT2D eigenvalue weighted by atomic mass is 35.5. The highest BCUT2D eigenvalue weighted by Crippen LogP contribution is 2.37. The smallest absolute Gasteiger partial charge is 0.142 e. The van der Waals surface area contributed by atoms with Gasteiger partial charge < -0.3 is 5.11 Å². The first-order valence-corrected chi connectivity index (χ1v) is 7.94. The van der Waals surface area contributed by atoms with Crippen LogP contribution in [0.25, 0.3) is 0 Å². The van der Waals surface area contributed by atoms with E-state index in [4.69, 9.17) is 23.2 Å². The zero-order valence-electron chi connectivity index (χ0n) is 12.3. The maximum Gasteiger partial charge on any atom is 0.142 e. The van der Waals surface area contributed by atoms with Gasteiger partial charge in [-0.1, -0.05) is 62.7 Å². The number of unbranched alkanes of at least 4 members (excludes halogenated alkanes) is 1. The quantitative estimate of drug-likeness (QED) is 0.616. The number of halogens is 3. The minimum Gasteiger partial charge on any atom is -0.385 e. The zero-order valence-corrected chi connectivity index (χ0v) is 13.9. The molecule has 1 rings (SSSR count). The van der Waals surface area contributed by atoms with Crippen LogP contribution in [0.15, 0.2) is 12.1 Å². The van der Waals surface area contributed by atoms with Gasteiger partial charge >= 0.3 is 0 Å². The highest BCUT2D eigenvalue weighted by molar-refractivity contribution is 6.35. The van der Waals surface area contributed by atoms with Crippen molar-refractivity contribution in [2.75, 3.05) is 0 Å². The Labute approximate surface area is 131 Å². The first-order chi connectivity index (χ1) is 9.31. The lowest BCUT2D eigenvalue weighted by Crippen LogP contribution is -2.25. The van der Waals surface area contributed by atoms with Gasteiger partial charge in [-0.15, -0.1) is 0 Å². The van der Waals surface area contributed by atoms with E-state index in [0.29, 0.717) is 22.9 Å². The molecule has 0 aliphatic carbocycles. The van der Waals surface area contributed by atoms with Gasteiger partial charge in [0.15, 0.2) is 0 Å². The minimum absolute atomic E-state index is 0.0208. The Morgan fingerprint density at radius 1 is 1.25 bits per heavy atom. The Balaban J connectivity index is 2.94. The molecule has 0 saturated heterocycles. The van der Waals surface area contributed by atoms with E-state index in [1.807, 2.05) is 0 Å². The van der Waals surface area contributed by atoms with Crippen molar-refractivity contribution >= 4 is 23.2 Å². The molecule has 0 radical (unpaired) electrons. The summed E-state index contributed by atoms with van der Waals surface area (Å²) in [5.41, 5.74) is -0.729. The van der Waals surface area contributed by atoms with Crippen molar-refractivity contribution in [2.24, 2.45) is 5.92 Å². The fraction of sp³-hybridized carbons (Fsp3) is 0.625. The predicted molar refractivity (Wildman–Crippen MR) is 83.9 cm³/mol. The second-order valence-corrected chi connectivity index (χ2v) is 6.46. The van der Waals surface area contributed by atoms with Gasteiger partial charge in [-0.2, -0.15) is 0 Å². The van der Waals surface area contributed by atoms with Crippen LogP contribution in [-0.4, -0.2) is 5.11 Å². The van der Waals surface area contributed by atoms with Gasteiger partial charge in [-0.05, 0) is 31.4 Å². The van der Waals surface area contributed by atoms with Crippen molar-refractivity contribution in [3.63, 3.8) is 0 Å². The van der Waals surface area contributed by atoms with Crippen LogP contribution in [0.2, 0.25) is 10.0 Å². The summed E-state index contributed by atoms with van der Waals surface area (Å²) in [6.07, 6.45) is 4.90. The maximum absolute atomic E-state index is 13.6. The third kappa shape index (κ3) is 4.61. The number of benzene rings is 1. The van der Waals surface area contributed by atoms with Crippen LogP contribution in [0.3, 0.4) is 0 Å². The molecule has 0 amide bonds. The lowest BCUT2D eigenvalue weighted by molar-refractivity contribution is 0.0273. The van der Waals surface area contributed by atoms with Crippen LogP contribution < -0.4 is 0 Å². The molecule has 0 bridgehead atoms. The molecule has 1 aromatic carbocycles. The molecule has 20 heavy (non-hydrogen) atoms. The molecule has 0 saturated carbocycles. The largest absolute Gasteiger partial charge is 0.385 e. The van der Waals surface area contributed by atoms with Crippen LogP contribution in [0.4, 0.5) is 4.39 Å².